The molecule has 0 saturated heterocycles. The quantitative estimate of drug-likeness (QED) is 0.927. The van der Waals surface area contributed by atoms with E-state index in [0.29, 0.717) is 17.8 Å². The molecule has 104 valence electrons. The Kier molecular flexibility index (Phi) is 4.03. The van der Waals surface area contributed by atoms with Gasteiger partial charge < -0.3 is 10.0 Å². The van der Waals surface area contributed by atoms with Gasteiger partial charge in [0.05, 0.1) is 23.5 Å². The van der Waals surface area contributed by atoms with Gasteiger partial charge in [0.1, 0.15) is 0 Å². The van der Waals surface area contributed by atoms with Gasteiger partial charge in [0.15, 0.2) is 0 Å². The van der Waals surface area contributed by atoms with Crippen LogP contribution in [0, 0.1) is 13.8 Å². The lowest BCUT2D eigenvalue weighted by Gasteiger charge is -2.21. The third kappa shape index (κ3) is 3.15. The number of nitrogens with zero attached hydrogens (tertiary/aromatic N) is 2. The number of carboxylic acid groups (broad SMARTS) is 1. The fourth-order valence-electron chi connectivity index (χ4n) is 2.17. The van der Waals surface area contributed by atoms with E-state index in [1.165, 1.54) is 0 Å². The van der Waals surface area contributed by atoms with Crippen LogP contribution in [0.4, 0.5) is 5.69 Å². The Morgan fingerprint density at radius 2 is 2.00 bits per heavy atom. The highest BCUT2D eigenvalue weighted by atomic mass is 16.4. The van der Waals surface area contributed by atoms with Crippen LogP contribution in [0.2, 0.25) is 0 Å². The smallest absolute Gasteiger partial charge is 0.337 e. The van der Waals surface area contributed by atoms with E-state index in [4.69, 9.17) is 0 Å². The fraction of sp³-hybridized carbons (Fsp3) is 0.250. The molecule has 0 saturated carbocycles. The Labute approximate surface area is 118 Å². The van der Waals surface area contributed by atoms with E-state index < -0.39 is 5.97 Å². The van der Waals surface area contributed by atoms with E-state index in [0.717, 1.165) is 17.0 Å². The lowest BCUT2D eigenvalue weighted by molar-refractivity contribution is 0.0697. The number of aryl methyl sites for hydroxylation is 2. The number of carbonyl (C=O) groups is 1. The molecule has 0 amide bonds. The summed E-state index contributed by atoms with van der Waals surface area (Å²) in [6.45, 7) is 4.40. The molecule has 1 heterocycles. The van der Waals surface area contributed by atoms with Crippen LogP contribution in [0.1, 0.15) is 27.3 Å². The van der Waals surface area contributed by atoms with E-state index in [-0.39, 0.29) is 0 Å². The highest BCUT2D eigenvalue weighted by Crippen LogP contribution is 2.22. The van der Waals surface area contributed by atoms with Gasteiger partial charge in [-0.25, -0.2) is 4.79 Å². The van der Waals surface area contributed by atoms with Gasteiger partial charge in [-0.05, 0) is 38.1 Å². The van der Waals surface area contributed by atoms with Crippen molar-refractivity contribution < 1.29 is 9.90 Å². The molecule has 1 aromatic carbocycles. The Balaban J connectivity index is 2.29. The third-order valence-electron chi connectivity index (χ3n) is 3.14. The van der Waals surface area contributed by atoms with Crippen LogP contribution in [0.5, 0.6) is 0 Å². The summed E-state index contributed by atoms with van der Waals surface area (Å²) < 4.78 is 0. The topological polar surface area (TPSA) is 53.4 Å². The van der Waals surface area contributed by atoms with Crippen LogP contribution in [-0.2, 0) is 6.54 Å². The second kappa shape index (κ2) is 5.74. The minimum Gasteiger partial charge on any atom is -0.478 e. The maximum absolute atomic E-state index is 11.3. The van der Waals surface area contributed by atoms with Gasteiger partial charge in [0.2, 0.25) is 0 Å². The number of benzene rings is 1. The first-order valence-electron chi connectivity index (χ1n) is 6.45. The predicted molar refractivity (Wildman–Crippen MR) is 79.2 cm³/mol. The highest BCUT2D eigenvalue weighted by Gasteiger charge is 2.14. The van der Waals surface area contributed by atoms with Gasteiger partial charge in [-0.2, -0.15) is 0 Å². The molecule has 0 bridgehead atoms. The number of hydrogen-bond acceptors (Lipinski definition) is 3. The first-order chi connectivity index (χ1) is 9.47. The first-order valence-corrected chi connectivity index (χ1v) is 6.45. The van der Waals surface area contributed by atoms with Gasteiger partial charge in [-0.1, -0.05) is 17.7 Å². The van der Waals surface area contributed by atoms with Gasteiger partial charge >= 0.3 is 5.97 Å². The van der Waals surface area contributed by atoms with Crippen molar-refractivity contribution in [3.63, 3.8) is 0 Å². The number of hydrogen-bond donors (Lipinski definition) is 1. The number of carboxylic acids is 1. The molecule has 1 N–H and O–H groups in total. The van der Waals surface area contributed by atoms with Gasteiger partial charge in [-0.15, -0.1) is 0 Å². The van der Waals surface area contributed by atoms with Crippen molar-refractivity contribution >= 4 is 11.7 Å². The Hall–Kier alpha value is -2.36. The molecule has 0 unspecified atom stereocenters. The van der Waals surface area contributed by atoms with Crippen LogP contribution < -0.4 is 4.90 Å². The molecule has 0 aliphatic heterocycles. The van der Waals surface area contributed by atoms with E-state index in [1.807, 2.05) is 56.1 Å². The maximum Gasteiger partial charge on any atom is 0.337 e. The maximum atomic E-state index is 11.3. The Bertz CT molecular complexity index is 638. The van der Waals surface area contributed by atoms with Gasteiger partial charge in [0, 0.05) is 12.7 Å². The lowest BCUT2D eigenvalue weighted by atomic mass is 10.1. The molecule has 20 heavy (non-hydrogen) atoms. The second-order valence-corrected chi connectivity index (χ2v) is 4.95. The summed E-state index contributed by atoms with van der Waals surface area (Å²) in [6.07, 6.45) is 0. The van der Waals surface area contributed by atoms with Crippen molar-refractivity contribution in [3.05, 3.63) is 58.9 Å². The van der Waals surface area contributed by atoms with Crippen molar-refractivity contribution in [2.75, 3.05) is 11.9 Å². The number of aromatic nitrogens is 1. The molecule has 0 atom stereocenters. The fourth-order valence-corrected chi connectivity index (χ4v) is 2.17. The molecule has 0 radical (unpaired) electrons. The molecule has 0 aliphatic rings. The SMILES string of the molecule is Cc1ccc(N(C)Cc2cccc(C)n2)c(C(=O)O)c1. The molecule has 0 fully saturated rings. The second-order valence-electron chi connectivity index (χ2n) is 4.95. The summed E-state index contributed by atoms with van der Waals surface area (Å²) in [5.41, 5.74) is 3.84. The summed E-state index contributed by atoms with van der Waals surface area (Å²) in [5, 5.41) is 9.31. The average Bonchev–Trinajstić information content (AvgIpc) is 2.38. The Morgan fingerprint density at radius 1 is 1.25 bits per heavy atom. The van der Waals surface area contributed by atoms with Crippen LogP contribution >= 0.6 is 0 Å². The summed E-state index contributed by atoms with van der Waals surface area (Å²) in [7, 11) is 1.88. The van der Waals surface area contributed by atoms with Crippen LogP contribution in [0.3, 0.4) is 0 Å². The zero-order valence-electron chi connectivity index (χ0n) is 11.9. The standard InChI is InChI=1S/C16H18N2O2/c1-11-7-8-15(14(9-11)16(19)20)18(3)10-13-6-4-5-12(2)17-13/h4-9H,10H2,1-3H3,(H,19,20). The van der Waals surface area contributed by atoms with Crippen LogP contribution in [0.25, 0.3) is 0 Å². The lowest BCUT2D eigenvalue weighted by Crippen LogP contribution is -2.20. The average molecular weight is 270 g/mol. The van der Waals surface area contributed by atoms with Crippen molar-refractivity contribution in [1.82, 2.24) is 4.98 Å². The molecule has 4 heteroatoms. The molecular weight excluding hydrogens is 252 g/mol. The molecule has 2 rings (SSSR count). The van der Waals surface area contributed by atoms with Crippen molar-refractivity contribution in [2.45, 2.75) is 20.4 Å². The molecule has 0 spiro atoms. The molecule has 1 aromatic heterocycles. The first kappa shape index (κ1) is 14.1. The normalized spacial score (nSPS) is 10.3. The molecule has 0 aliphatic carbocycles. The number of aromatic carboxylic acids is 1. The summed E-state index contributed by atoms with van der Waals surface area (Å²) in [4.78, 5) is 17.7. The Morgan fingerprint density at radius 3 is 2.65 bits per heavy atom. The molecule has 2 aromatic rings. The summed E-state index contributed by atoms with van der Waals surface area (Å²) in [6, 6.07) is 11.3. The monoisotopic (exact) mass is 270 g/mol. The van der Waals surface area contributed by atoms with Crippen LogP contribution in [-0.4, -0.2) is 23.1 Å². The van der Waals surface area contributed by atoms with E-state index in [2.05, 4.69) is 4.98 Å². The van der Waals surface area contributed by atoms with E-state index >= 15 is 0 Å². The summed E-state index contributed by atoms with van der Waals surface area (Å²) in [5.74, 6) is -0.909. The van der Waals surface area contributed by atoms with Gasteiger partial charge in [-0.3, -0.25) is 4.98 Å². The summed E-state index contributed by atoms with van der Waals surface area (Å²) >= 11 is 0. The highest BCUT2D eigenvalue weighted by molar-refractivity contribution is 5.94. The van der Waals surface area contributed by atoms with E-state index in [1.54, 1.807) is 6.07 Å². The number of rotatable bonds is 4. The predicted octanol–water partition coefficient (Wildman–Crippen LogP) is 3.03. The number of pyridine rings is 1. The van der Waals surface area contributed by atoms with Gasteiger partial charge in [0.25, 0.3) is 0 Å². The van der Waals surface area contributed by atoms with Crippen molar-refractivity contribution in [2.24, 2.45) is 0 Å². The van der Waals surface area contributed by atoms with Crippen LogP contribution in [0.15, 0.2) is 36.4 Å². The largest absolute Gasteiger partial charge is 0.478 e. The minimum atomic E-state index is -0.909. The molecule has 4 nitrogen and oxygen atoms in total. The van der Waals surface area contributed by atoms with Crippen molar-refractivity contribution in [1.29, 1.82) is 0 Å². The molecular formula is C16H18N2O2. The number of anilines is 1. The minimum absolute atomic E-state index is 0.320. The zero-order chi connectivity index (χ0) is 14.7. The zero-order valence-corrected chi connectivity index (χ0v) is 11.9. The van der Waals surface area contributed by atoms with E-state index in [9.17, 15) is 9.90 Å². The van der Waals surface area contributed by atoms with Crippen molar-refractivity contribution in [3.8, 4) is 0 Å². The third-order valence-corrected chi connectivity index (χ3v) is 3.14.